The van der Waals surface area contributed by atoms with Crippen molar-refractivity contribution >= 4 is 18.5 Å². The van der Waals surface area contributed by atoms with Gasteiger partial charge in [0.1, 0.15) is 0 Å². The standard InChI is InChI=1S/C16H17NOS/c18-16(17-12-14-9-5-2-6-10-14)15(19)11-13-7-3-1-4-8-13/h1-10,15,19H,11-12H2,(H,17,18). The summed E-state index contributed by atoms with van der Waals surface area (Å²) in [5.41, 5.74) is 2.22. The van der Waals surface area contributed by atoms with E-state index in [1.807, 2.05) is 60.7 Å². The molecular weight excluding hydrogens is 254 g/mol. The SMILES string of the molecule is O=C(NCc1ccccc1)C(S)Cc1ccccc1. The molecule has 1 atom stereocenters. The normalized spacial score (nSPS) is 11.8. The number of carbonyl (C=O) groups excluding carboxylic acids is 1. The first-order chi connectivity index (χ1) is 9.25. The summed E-state index contributed by atoms with van der Waals surface area (Å²) in [5.74, 6) is -0.0314. The lowest BCUT2D eigenvalue weighted by Gasteiger charge is -2.11. The van der Waals surface area contributed by atoms with Gasteiger partial charge in [-0.25, -0.2) is 0 Å². The predicted molar refractivity (Wildman–Crippen MR) is 81.2 cm³/mol. The lowest BCUT2D eigenvalue weighted by atomic mass is 10.1. The summed E-state index contributed by atoms with van der Waals surface area (Å²) < 4.78 is 0. The van der Waals surface area contributed by atoms with Crippen LogP contribution in [0.5, 0.6) is 0 Å². The lowest BCUT2D eigenvalue weighted by molar-refractivity contribution is -0.120. The van der Waals surface area contributed by atoms with Gasteiger partial charge in [-0.2, -0.15) is 12.6 Å². The molecule has 2 aromatic rings. The Morgan fingerprint density at radius 2 is 1.47 bits per heavy atom. The summed E-state index contributed by atoms with van der Waals surface area (Å²) in [6, 6.07) is 19.8. The van der Waals surface area contributed by atoms with E-state index >= 15 is 0 Å². The highest BCUT2D eigenvalue weighted by Crippen LogP contribution is 2.08. The Bertz CT molecular complexity index is 513. The van der Waals surface area contributed by atoms with Gasteiger partial charge in [-0.05, 0) is 17.5 Å². The Morgan fingerprint density at radius 1 is 0.947 bits per heavy atom. The second-order valence-corrected chi connectivity index (χ2v) is 5.03. The monoisotopic (exact) mass is 271 g/mol. The van der Waals surface area contributed by atoms with Crippen LogP contribution in [-0.2, 0) is 17.8 Å². The Morgan fingerprint density at radius 3 is 2.05 bits per heavy atom. The summed E-state index contributed by atoms with van der Waals surface area (Å²) >= 11 is 4.37. The van der Waals surface area contributed by atoms with E-state index in [9.17, 15) is 4.79 Å². The molecule has 2 aromatic carbocycles. The van der Waals surface area contributed by atoms with Crippen molar-refractivity contribution < 1.29 is 4.79 Å². The molecule has 0 aliphatic rings. The molecule has 2 rings (SSSR count). The second-order valence-electron chi connectivity index (χ2n) is 4.41. The molecule has 0 aliphatic heterocycles. The molecule has 0 aliphatic carbocycles. The summed E-state index contributed by atoms with van der Waals surface area (Å²) in [6.07, 6.45) is 0.643. The van der Waals surface area contributed by atoms with Crippen molar-refractivity contribution in [1.29, 1.82) is 0 Å². The van der Waals surface area contributed by atoms with Gasteiger partial charge in [-0.15, -0.1) is 0 Å². The maximum Gasteiger partial charge on any atom is 0.233 e. The van der Waals surface area contributed by atoms with Crippen molar-refractivity contribution in [2.45, 2.75) is 18.2 Å². The van der Waals surface area contributed by atoms with Gasteiger partial charge in [0.05, 0.1) is 5.25 Å². The third-order valence-corrected chi connectivity index (χ3v) is 3.30. The first kappa shape index (κ1) is 13.7. The van der Waals surface area contributed by atoms with Crippen LogP contribution in [0.4, 0.5) is 0 Å². The molecule has 98 valence electrons. The second kappa shape index (κ2) is 7.00. The quantitative estimate of drug-likeness (QED) is 0.805. The first-order valence-electron chi connectivity index (χ1n) is 6.29. The molecule has 0 saturated heterocycles. The van der Waals surface area contributed by atoms with Crippen LogP contribution >= 0.6 is 12.6 Å². The van der Waals surface area contributed by atoms with Crippen molar-refractivity contribution in [3.05, 3.63) is 71.8 Å². The molecule has 0 spiro atoms. The fraction of sp³-hybridized carbons (Fsp3) is 0.188. The van der Waals surface area contributed by atoms with Crippen LogP contribution in [0, 0.1) is 0 Å². The van der Waals surface area contributed by atoms with E-state index < -0.39 is 0 Å². The molecule has 0 heterocycles. The van der Waals surface area contributed by atoms with E-state index in [1.54, 1.807) is 0 Å². The van der Waals surface area contributed by atoms with Crippen molar-refractivity contribution in [1.82, 2.24) is 5.32 Å². The number of nitrogens with one attached hydrogen (secondary N) is 1. The topological polar surface area (TPSA) is 29.1 Å². The van der Waals surface area contributed by atoms with Crippen molar-refractivity contribution in [2.24, 2.45) is 0 Å². The van der Waals surface area contributed by atoms with Gasteiger partial charge < -0.3 is 5.32 Å². The Kier molecular flexibility index (Phi) is 5.04. The van der Waals surface area contributed by atoms with Crippen LogP contribution in [-0.4, -0.2) is 11.2 Å². The molecule has 3 heteroatoms. The van der Waals surface area contributed by atoms with E-state index in [1.165, 1.54) is 0 Å². The smallest absolute Gasteiger partial charge is 0.233 e. The fourth-order valence-electron chi connectivity index (χ4n) is 1.83. The van der Waals surface area contributed by atoms with Crippen LogP contribution in [0.2, 0.25) is 0 Å². The average Bonchev–Trinajstić information content (AvgIpc) is 2.47. The number of hydrogen-bond acceptors (Lipinski definition) is 2. The molecule has 0 aromatic heterocycles. The van der Waals surface area contributed by atoms with Gasteiger partial charge in [0, 0.05) is 6.54 Å². The maximum atomic E-state index is 11.9. The number of thiol groups is 1. The summed E-state index contributed by atoms with van der Waals surface area (Å²) in [6.45, 7) is 0.547. The zero-order valence-corrected chi connectivity index (χ0v) is 11.5. The predicted octanol–water partition coefficient (Wildman–Crippen LogP) is 2.84. The van der Waals surface area contributed by atoms with Crippen LogP contribution < -0.4 is 5.32 Å². The van der Waals surface area contributed by atoms with Crippen molar-refractivity contribution in [3.8, 4) is 0 Å². The summed E-state index contributed by atoms with van der Waals surface area (Å²) in [5, 5.41) is 2.59. The highest BCUT2D eigenvalue weighted by molar-refractivity contribution is 7.81. The van der Waals surface area contributed by atoms with Gasteiger partial charge in [0.15, 0.2) is 0 Å². The Hall–Kier alpha value is -1.74. The largest absolute Gasteiger partial charge is 0.351 e. The highest BCUT2D eigenvalue weighted by Gasteiger charge is 2.13. The van der Waals surface area contributed by atoms with Crippen LogP contribution in [0.1, 0.15) is 11.1 Å². The molecule has 0 radical (unpaired) electrons. The van der Waals surface area contributed by atoms with E-state index in [-0.39, 0.29) is 11.2 Å². The van der Waals surface area contributed by atoms with E-state index in [4.69, 9.17) is 0 Å². The zero-order valence-electron chi connectivity index (χ0n) is 10.6. The molecule has 0 bridgehead atoms. The van der Waals surface area contributed by atoms with Gasteiger partial charge in [-0.1, -0.05) is 60.7 Å². The number of amides is 1. The molecule has 0 fully saturated rings. The minimum absolute atomic E-state index is 0.0314. The van der Waals surface area contributed by atoms with Crippen LogP contribution in [0.15, 0.2) is 60.7 Å². The molecule has 1 amide bonds. The highest BCUT2D eigenvalue weighted by atomic mass is 32.1. The number of benzene rings is 2. The number of hydrogen-bond donors (Lipinski definition) is 2. The molecule has 19 heavy (non-hydrogen) atoms. The summed E-state index contributed by atoms with van der Waals surface area (Å²) in [7, 11) is 0. The van der Waals surface area contributed by atoms with Crippen LogP contribution in [0.25, 0.3) is 0 Å². The molecule has 0 saturated carbocycles. The Labute approximate surface area is 119 Å². The minimum atomic E-state index is -0.314. The lowest BCUT2D eigenvalue weighted by Crippen LogP contribution is -2.32. The van der Waals surface area contributed by atoms with E-state index in [0.717, 1.165) is 11.1 Å². The maximum absolute atomic E-state index is 11.9. The van der Waals surface area contributed by atoms with Gasteiger partial charge in [-0.3, -0.25) is 4.79 Å². The fourth-order valence-corrected chi connectivity index (χ4v) is 2.14. The number of rotatable bonds is 5. The Balaban J connectivity index is 1.83. The van der Waals surface area contributed by atoms with E-state index in [0.29, 0.717) is 13.0 Å². The zero-order chi connectivity index (χ0) is 13.5. The molecule has 1 unspecified atom stereocenters. The van der Waals surface area contributed by atoms with Gasteiger partial charge in [0.2, 0.25) is 5.91 Å². The summed E-state index contributed by atoms with van der Waals surface area (Å²) in [4.78, 5) is 11.9. The molecule has 1 N–H and O–H groups in total. The minimum Gasteiger partial charge on any atom is -0.351 e. The van der Waals surface area contributed by atoms with Crippen molar-refractivity contribution in [2.75, 3.05) is 0 Å². The van der Waals surface area contributed by atoms with E-state index in [2.05, 4.69) is 17.9 Å². The van der Waals surface area contributed by atoms with Gasteiger partial charge in [0.25, 0.3) is 0 Å². The van der Waals surface area contributed by atoms with Gasteiger partial charge >= 0.3 is 0 Å². The third-order valence-electron chi connectivity index (χ3n) is 2.88. The van der Waals surface area contributed by atoms with Crippen molar-refractivity contribution in [3.63, 3.8) is 0 Å². The average molecular weight is 271 g/mol. The first-order valence-corrected chi connectivity index (χ1v) is 6.81. The molecule has 2 nitrogen and oxygen atoms in total. The third kappa shape index (κ3) is 4.45. The number of carbonyl (C=O) groups is 1. The van der Waals surface area contributed by atoms with Crippen LogP contribution in [0.3, 0.4) is 0 Å². The molecular formula is C16H17NOS.